The molecule has 0 radical (unpaired) electrons. The molecule has 0 aromatic carbocycles. The fraction of sp³-hybridized carbons (Fsp3) is 0.667. The largest absolute Gasteiger partial charge is 0.125 e. The summed E-state index contributed by atoms with van der Waals surface area (Å²) >= 11 is 0. The highest BCUT2D eigenvalue weighted by molar-refractivity contribution is 5.44. The van der Waals surface area contributed by atoms with E-state index in [-0.39, 0.29) is 0 Å². The second-order valence-electron chi connectivity index (χ2n) is 5.09. The zero-order valence-electron chi connectivity index (χ0n) is 10.1. The first-order valence-electron chi connectivity index (χ1n) is 6.32. The Kier molecular flexibility index (Phi) is 2.89. The van der Waals surface area contributed by atoms with Crippen molar-refractivity contribution >= 4 is 0 Å². The Morgan fingerprint density at radius 2 is 2.33 bits per heavy atom. The summed E-state index contributed by atoms with van der Waals surface area (Å²) in [4.78, 5) is 0. The first-order valence-corrected chi connectivity index (χ1v) is 6.32. The fourth-order valence-electron chi connectivity index (χ4n) is 3.10. The molecule has 0 nitrogen and oxygen atoms in total. The number of hydrogen-bond donors (Lipinski definition) is 0. The molecule has 82 valence electrons. The van der Waals surface area contributed by atoms with Crippen LogP contribution in [0.2, 0.25) is 0 Å². The van der Waals surface area contributed by atoms with Crippen molar-refractivity contribution in [3.63, 3.8) is 0 Å². The van der Waals surface area contributed by atoms with E-state index in [1.165, 1.54) is 32.1 Å². The molecule has 0 bridgehead atoms. The first kappa shape index (κ1) is 10.8. The average Bonchev–Trinajstić information content (AvgIpc) is 3.07. The summed E-state index contributed by atoms with van der Waals surface area (Å²) in [5.74, 6) is 1.85. The van der Waals surface area contributed by atoms with Gasteiger partial charge in [-0.25, -0.2) is 0 Å². The van der Waals surface area contributed by atoms with Gasteiger partial charge in [0, 0.05) is 5.41 Å². The molecule has 15 heavy (non-hydrogen) atoms. The van der Waals surface area contributed by atoms with Crippen molar-refractivity contribution < 1.29 is 0 Å². The van der Waals surface area contributed by atoms with Gasteiger partial charge in [0.15, 0.2) is 0 Å². The Labute approximate surface area is 93.8 Å². The number of allylic oxidation sites excluding steroid dienone is 2. The molecular formula is C15H22. The summed E-state index contributed by atoms with van der Waals surface area (Å²) in [6, 6.07) is 0. The van der Waals surface area contributed by atoms with Gasteiger partial charge in [-0.15, -0.1) is 12.3 Å². The minimum Gasteiger partial charge on any atom is -0.125 e. The lowest BCUT2D eigenvalue weighted by Gasteiger charge is -1.90. The van der Waals surface area contributed by atoms with Crippen molar-refractivity contribution in [3.05, 3.63) is 30.0 Å². The van der Waals surface area contributed by atoms with E-state index in [1.54, 1.807) is 5.57 Å². The molecule has 0 aromatic heterocycles. The Balaban J connectivity index is 1.92. The van der Waals surface area contributed by atoms with E-state index >= 15 is 0 Å². The van der Waals surface area contributed by atoms with Crippen LogP contribution in [0.5, 0.6) is 0 Å². The van der Waals surface area contributed by atoms with Crippen LogP contribution in [0.1, 0.15) is 46.0 Å². The highest BCUT2D eigenvalue weighted by Crippen LogP contribution is 2.78. The smallest absolute Gasteiger partial charge is 0.00910 e. The Hall–Kier alpha value is -0.740. The van der Waals surface area contributed by atoms with Crippen molar-refractivity contribution in [2.24, 2.45) is 17.3 Å². The normalized spacial score (nSPS) is 36.3. The third kappa shape index (κ3) is 1.72. The molecule has 2 fully saturated rings. The second kappa shape index (κ2) is 4.02. The third-order valence-electron chi connectivity index (χ3n) is 4.27. The van der Waals surface area contributed by atoms with E-state index in [2.05, 4.69) is 38.3 Å². The summed E-state index contributed by atoms with van der Waals surface area (Å²) in [6.45, 7) is 8.43. The van der Waals surface area contributed by atoms with Crippen LogP contribution in [0.4, 0.5) is 0 Å². The minimum absolute atomic E-state index is 0.618. The molecule has 0 aliphatic heterocycles. The van der Waals surface area contributed by atoms with E-state index in [4.69, 9.17) is 0 Å². The van der Waals surface area contributed by atoms with Gasteiger partial charge in [0.25, 0.3) is 0 Å². The Bertz CT molecular complexity index is 317. The molecule has 0 heterocycles. The molecule has 0 N–H and O–H groups in total. The van der Waals surface area contributed by atoms with Gasteiger partial charge < -0.3 is 0 Å². The topological polar surface area (TPSA) is 0 Å². The molecule has 2 aliphatic carbocycles. The van der Waals surface area contributed by atoms with Gasteiger partial charge in [0.1, 0.15) is 0 Å². The number of rotatable bonds is 5. The maximum atomic E-state index is 3.80. The quantitative estimate of drug-likeness (QED) is 0.455. The zero-order valence-corrected chi connectivity index (χ0v) is 10.1. The minimum atomic E-state index is 0.618. The van der Waals surface area contributed by atoms with Crippen LogP contribution in [0.25, 0.3) is 0 Å². The summed E-state index contributed by atoms with van der Waals surface area (Å²) in [5, 5.41) is 0. The van der Waals surface area contributed by atoms with Crippen LogP contribution >= 0.6 is 0 Å². The Morgan fingerprint density at radius 1 is 1.53 bits per heavy atom. The van der Waals surface area contributed by atoms with E-state index in [1.807, 2.05) is 0 Å². The molecule has 0 aromatic rings. The number of hydrogen-bond acceptors (Lipinski definition) is 0. The van der Waals surface area contributed by atoms with Crippen LogP contribution in [-0.2, 0) is 0 Å². The van der Waals surface area contributed by atoms with Crippen molar-refractivity contribution in [1.29, 1.82) is 0 Å². The van der Waals surface area contributed by atoms with Gasteiger partial charge in [-0.05, 0) is 49.2 Å². The van der Waals surface area contributed by atoms with Crippen LogP contribution in [0.3, 0.4) is 0 Å². The SMILES string of the molecule is C=CCCC1C(C)C12CC2=C=CCCC. The van der Waals surface area contributed by atoms with Crippen LogP contribution in [-0.4, -0.2) is 0 Å². The monoisotopic (exact) mass is 202 g/mol. The summed E-state index contributed by atoms with van der Waals surface area (Å²) in [6.07, 6.45) is 10.6. The molecule has 2 aliphatic rings. The standard InChI is InChI=1S/C15H22/c1-4-6-8-9-13-11-15(13)12(3)14(15)10-7-5-2/h5,8,12,14H,2,4,6-7,10-11H2,1,3H3. The van der Waals surface area contributed by atoms with Crippen LogP contribution in [0.15, 0.2) is 30.0 Å². The lowest BCUT2D eigenvalue weighted by molar-refractivity contribution is 0.657. The lowest BCUT2D eigenvalue weighted by Crippen LogP contribution is -1.79. The van der Waals surface area contributed by atoms with E-state index < -0.39 is 0 Å². The summed E-state index contributed by atoms with van der Waals surface area (Å²) < 4.78 is 0. The average molecular weight is 202 g/mol. The molecular weight excluding hydrogens is 180 g/mol. The van der Waals surface area contributed by atoms with E-state index in [0.29, 0.717) is 5.41 Å². The fourth-order valence-corrected chi connectivity index (χ4v) is 3.10. The van der Waals surface area contributed by atoms with Gasteiger partial charge in [-0.3, -0.25) is 0 Å². The second-order valence-corrected chi connectivity index (χ2v) is 5.09. The van der Waals surface area contributed by atoms with Gasteiger partial charge in [0.2, 0.25) is 0 Å². The van der Waals surface area contributed by atoms with E-state index in [0.717, 1.165) is 11.8 Å². The molecule has 1 spiro atoms. The Morgan fingerprint density at radius 3 is 3.00 bits per heavy atom. The lowest BCUT2D eigenvalue weighted by atomic mass is 10.1. The van der Waals surface area contributed by atoms with Gasteiger partial charge in [0.05, 0.1) is 0 Å². The van der Waals surface area contributed by atoms with Crippen molar-refractivity contribution in [1.82, 2.24) is 0 Å². The molecule has 3 unspecified atom stereocenters. The summed E-state index contributed by atoms with van der Waals surface area (Å²) in [7, 11) is 0. The van der Waals surface area contributed by atoms with Gasteiger partial charge >= 0.3 is 0 Å². The highest BCUT2D eigenvalue weighted by Gasteiger charge is 2.72. The molecule has 0 amide bonds. The van der Waals surface area contributed by atoms with E-state index in [9.17, 15) is 0 Å². The van der Waals surface area contributed by atoms with Crippen molar-refractivity contribution in [3.8, 4) is 0 Å². The maximum Gasteiger partial charge on any atom is 0.00910 e. The molecule has 2 rings (SSSR count). The molecule has 3 atom stereocenters. The number of unbranched alkanes of at least 4 members (excludes halogenated alkanes) is 1. The predicted molar refractivity (Wildman–Crippen MR) is 65.6 cm³/mol. The third-order valence-corrected chi connectivity index (χ3v) is 4.27. The van der Waals surface area contributed by atoms with Crippen LogP contribution < -0.4 is 0 Å². The van der Waals surface area contributed by atoms with Gasteiger partial charge in [-0.1, -0.05) is 26.3 Å². The highest BCUT2D eigenvalue weighted by atomic mass is 14.7. The van der Waals surface area contributed by atoms with Crippen molar-refractivity contribution in [2.75, 3.05) is 0 Å². The van der Waals surface area contributed by atoms with Crippen LogP contribution in [0, 0.1) is 17.3 Å². The zero-order chi connectivity index (χ0) is 10.9. The van der Waals surface area contributed by atoms with Gasteiger partial charge in [-0.2, -0.15) is 0 Å². The maximum absolute atomic E-state index is 3.80. The molecule has 2 saturated carbocycles. The molecule has 0 heteroatoms. The summed E-state index contributed by atoms with van der Waals surface area (Å²) in [5.41, 5.74) is 5.74. The first-order chi connectivity index (χ1) is 7.27. The van der Waals surface area contributed by atoms with Crippen molar-refractivity contribution in [2.45, 2.75) is 46.0 Å². The molecule has 0 saturated heterocycles. The predicted octanol–water partition coefficient (Wildman–Crippen LogP) is 4.49.